The number of thiophene rings is 2. The summed E-state index contributed by atoms with van der Waals surface area (Å²) in [6.07, 6.45) is 0. The molecule has 10 nitrogen and oxygen atoms in total. The minimum atomic E-state index is -0.283. The van der Waals surface area contributed by atoms with Crippen LogP contribution >= 0.6 is 22.7 Å². The predicted molar refractivity (Wildman–Crippen MR) is 225 cm³/mol. The lowest BCUT2D eigenvalue weighted by molar-refractivity contribution is 0.103. The van der Waals surface area contributed by atoms with Crippen molar-refractivity contribution in [3.05, 3.63) is 140 Å². The first-order valence-electron chi connectivity index (χ1n) is 17.3. The normalized spacial score (nSPS) is 11.1. The van der Waals surface area contributed by atoms with Crippen molar-refractivity contribution in [2.45, 2.75) is 13.8 Å². The second-order valence-electron chi connectivity index (χ2n) is 13.3. The van der Waals surface area contributed by atoms with Gasteiger partial charge in [0.15, 0.2) is 0 Å². The molecule has 270 valence electrons. The zero-order valence-corrected chi connectivity index (χ0v) is 31.6. The van der Waals surface area contributed by atoms with Crippen molar-refractivity contribution in [3.8, 4) is 45.5 Å². The Labute approximate surface area is 328 Å². The van der Waals surface area contributed by atoms with E-state index in [1.54, 1.807) is 24.3 Å². The smallest absolute Gasteiger partial charge is 0.205 e. The topological polar surface area (TPSA) is 212 Å². The van der Waals surface area contributed by atoms with Gasteiger partial charge in [-0.3, -0.25) is 9.59 Å². The number of nitriles is 2. The van der Waals surface area contributed by atoms with Crippen molar-refractivity contribution in [1.29, 1.82) is 10.5 Å². The van der Waals surface area contributed by atoms with Crippen LogP contribution in [0.2, 0.25) is 0 Å². The number of fused-ring (bicyclic) bond motifs is 2. The van der Waals surface area contributed by atoms with Crippen LogP contribution in [0.15, 0.2) is 97.1 Å². The molecule has 4 aromatic carbocycles. The first-order chi connectivity index (χ1) is 27.0. The van der Waals surface area contributed by atoms with Crippen molar-refractivity contribution in [3.63, 3.8) is 0 Å². The zero-order chi connectivity index (χ0) is 39.4. The number of carbonyl (C=O) groups is 2. The Bertz CT molecular complexity index is 2800. The average molecular weight is 767 g/mol. The minimum absolute atomic E-state index is 0.0730. The lowest BCUT2D eigenvalue weighted by Gasteiger charge is -2.10. The Balaban J connectivity index is 1.08. The van der Waals surface area contributed by atoms with Crippen LogP contribution in [0.25, 0.3) is 53.8 Å². The number of carbonyl (C=O) groups excluding carboxylic acids is 2. The van der Waals surface area contributed by atoms with Crippen LogP contribution < -0.4 is 22.9 Å². The number of aryl methyl sites for hydroxylation is 2. The second-order valence-corrected chi connectivity index (χ2v) is 15.3. The van der Waals surface area contributed by atoms with Crippen LogP contribution in [0, 0.1) is 36.5 Å². The lowest BCUT2D eigenvalue weighted by atomic mass is 9.95. The van der Waals surface area contributed by atoms with Gasteiger partial charge in [0.1, 0.15) is 54.3 Å². The summed E-state index contributed by atoms with van der Waals surface area (Å²) >= 11 is 2.28. The van der Waals surface area contributed by atoms with Crippen LogP contribution in [0.3, 0.4) is 0 Å². The molecule has 4 aromatic heterocycles. The zero-order valence-electron chi connectivity index (χ0n) is 30.0. The number of nitrogen functional groups attached to an aromatic ring is 4. The van der Waals surface area contributed by atoms with Gasteiger partial charge in [0.25, 0.3) is 0 Å². The Kier molecular flexibility index (Phi) is 8.78. The molecule has 4 heterocycles. The fourth-order valence-electron chi connectivity index (χ4n) is 6.81. The van der Waals surface area contributed by atoms with E-state index in [2.05, 4.69) is 22.1 Å². The largest absolute Gasteiger partial charge is 0.397 e. The Hall–Kier alpha value is -7.38. The Morgan fingerprint density at radius 2 is 0.839 bits per heavy atom. The summed E-state index contributed by atoms with van der Waals surface area (Å²) in [6.45, 7) is 3.94. The van der Waals surface area contributed by atoms with Gasteiger partial charge in [-0.2, -0.15) is 10.5 Å². The molecule has 0 fully saturated rings. The molecule has 0 radical (unpaired) electrons. The van der Waals surface area contributed by atoms with Crippen molar-refractivity contribution in [2.24, 2.45) is 0 Å². The molecule has 0 unspecified atom stereocenters. The van der Waals surface area contributed by atoms with Crippen molar-refractivity contribution in [1.82, 2.24) is 9.97 Å². The van der Waals surface area contributed by atoms with E-state index in [1.807, 2.05) is 86.6 Å². The lowest BCUT2D eigenvalue weighted by Crippen LogP contribution is -2.03. The molecule has 12 heteroatoms. The molecular weight excluding hydrogens is 737 g/mol. The maximum atomic E-state index is 13.9. The molecule has 0 atom stereocenters. The van der Waals surface area contributed by atoms with E-state index in [4.69, 9.17) is 22.9 Å². The maximum absolute atomic E-state index is 13.9. The van der Waals surface area contributed by atoms with Crippen LogP contribution in [0.5, 0.6) is 0 Å². The number of aromatic nitrogens is 2. The molecule has 0 saturated heterocycles. The van der Waals surface area contributed by atoms with Crippen LogP contribution in [-0.2, 0) is 0 Å². The minimum Gasteiger partial charge on any atom is -0.397 e. The molecule has 56 heavy (non-hydrogen) atoms. The molecular formula is C44H30N8O2S2. The van der Waals surface area contributed by atoms with Crippen molar-refractivity contribution >= 4 is 77.7 Å². The van der Waals surface area contributed by atoms with Gasteiger partial charge >= 0.3 is 0 Å². The van der Waals surface area contributed by atoms with Crippen LogP contribution in [0.4, 0.5) is 23.0 Å². The van der Waals surface area contributed by atoms with Gasteiger partial charge in [-0.15, -0.1) is 22.7 Å². The summed E-state index contributed by atoms with van der Waals surface area (Å²) in [6, 6.07) is 33.9. The standard InChI is InChI=1S/C44H30N8O2S2/c1-21-3-7-25(8-4-21)31-29(19-45)41(49)51-43-33(31)35(47)39(55-43)37(53)27-15-11-23(12-16-27)24-13-17-28(18-14-24)38(54)40-36(48)34-32(26-9-5-22(2)6-10-26)30(20-46)42(50)52-44(34)56-40/h3-18H,47-48H2,1-2H3,(H2,49,51)(H2,50,52). The molecule has 0 aliphatic heterocycles. The number of anilines is 4. The molecule has 8 rings (SSSR count). The molecule has 0 bridgehead atoms. The summed E-state index contributed by atoms with van der Waals surface area (Å²) in [5.41, 5.74) is 33.8. The van der Waals surface area contributed by atoms with E-state index >= 15 is 0 Å². The highest BCUT2D eigenvalue weighted by molar-refractivity contribution is 7.22. The number of pyridine rings is 2. The monoisotopic (exact) mass is 766 g/mol. The van der Waals surface area contributed by atoms with Gasteiger partial charge in [0, 0.05) is 33.0 Å². The third kappa shape index (κ3) is 5.86. The van der Waals surface area contributed by atoms with E-state index in [0.29, 0.717) is 52.4 Å². The number of nitrogens with two attached hydrogens (primary N) is 4. The van der Waals surface area contributed by atoms with Gasteiger partial charge in [-0.25, -0.2) is 9.97 Å². The van der Waals surface area contributed by atoms with Gasteiger partial charge in [0.2, 0.25) is 11.6 Å². The fourth-order valence-corrected chi connectivity index (χ4v) is 8.96. The van der Waals surface area contributed by atoms with E-state index in [-0.39, 0.29) is 45.7 Å². The quantitative estimate of drug-likeness (QED) is 0.113. The average Bonchev–Trinajstić information content (AvgIpc) is 3.71. The van der Waals surface area contributed by atoms with Gasteiger partial charge < -0.3 is 22.9 Å². The molecule has 0 aliphatic carbocycles. The van der Waals surface area contributed by atoms with E-state index < -0.39 is 0 Å². The SMILES string of the molecule is Cc1ccc(-c2c(C#N)c(N)nc3sc(C(=O)c4ccc(-c5ccc(C(=O)c6sc7nc(N)c(C#N)c(-c8ccc(C)cc8)c7c6N)cc5)cc4)c(N)c23)cc1. The molecule has 0 aliphatic rings. The summed E-state index contributed by atoms with van der Waals surface area (Å²) in [5.74, 6) is -0.420. The predicted octanol–water partition coefficient (Wildman–Crippen LogP) is 9.06. The summed E-state index contributed by atoms with van der Waals surface area (Å²) < 4.78 is 0. The van der Waals surface area contributed by atoms with E-state index in [1.165, 1.54) is 0 Å². The summed E-state index contributed by atoms with van der Waals surface area (Å²) in [7, 11) is 0. The van der Waals surface area contributed by atoms with Gasteiger partial charge in [-0.05, 0) is 36.1 Å². The number of rotatable bonds is 7. The number of hydrogen-bond donors (Lipinski definition) is 4. The van der Waals surface area contributed by atoms with E-state index in [9.17, 15) is 20.1 Å². The number of ketones is 2. The second kappa shape index (κ2) is 13.8. The summed E-state index contributed by atoms with van der Waals surface area (Å²) in [5, 5.41) is 21.0. The van der Waals surface area contributed by atoms with Crippen LogP contribution in [0.1, 0.15) is 52.7 Å². The van der Waals surface area contributed by atoms with Crippen molar-refractivity contribution < 1.29 is 9.59 Å². The van der Waals surface area contributed by atoms with Crippen molar-refractivity contribution in [2.75, 3.05) is 22.9 Å². The highest BCUT2D eigenvalue weighted by atomic mass is 32.1. The maximum Gasteiger partial charge on any atom is 0.205 e. The highest BCUT2D eigenvalue weighted by Gasteiger charge is 2.27. The number of benzene rings is 4. The van der Waals surface area contributed by atoms with Gasteiger partial charge in [0.05, 0.1) is 11.4 Å². The van der Waals surface area contributed by atoms with E-state index in [0.717, 1.165) is 56.1 Å². The van der Waals surface area contributed by atoms with Crippen LogP contribution in [-0.4, -0.2) is 21.5 Å². The summed E-state index contributed by atoms with van der Waals surface area (Å²) in [4.78, 5) is 38.2. The molecule has 8 N–H and O–H groups in total. The molecule has 0 amide bonds. The third-order valence-corrected chi connectivity index (χ3v) is 11.9. The fraction of sp³-hybridized carbons (Fsp3) is 0.0455. The highest BCUT2D eigenvalue weighted by Crippen LogP contribution is 2.45. The molecule has 8 aromatic rings. The number of hydrogen-bond acceptors (Lipinski definition) is 12. The Morgan fingerprint density at radius 3 is 1.16 bits per heavy atom. The molecule has 0 spiro atoms. The number of nitrogens with zero attached hydrogens (tertiary/aromatic N) is 4. The van der Waals surface area contributed by atoms with Gasteiger partial charge in [-0.1, -0.05) is 108 Å². The first kappa shape index (κ1) is 35.6. The Morgan fingerprint density at radius 1 is 0.518 bits per heavy atom. The first-order valence-corrected chi connectivity index (χ1v) is 18.9. The molecule has 0 saturated carbocycles. The third-order valence-electron chi connectivity index (χ3n) is 9.75.